The number of carbonyl (C=O) groups excluding carboxylic acids is 1. The fraction of sp³-hybridized carbons (Fsp3) is 0.909. The van der Waals surface area contributed by atoms with Crippen molar-refractivity contribution in [2.75, 3.05) is 13.1 Å². The van der Waals surface area contributed by atoms with Crippen LogP contribution in [-0.2, 0) is 4.79 Å². The first-order valence-corrected chi connectivity index (χ1v) is 5.42. The lowest BCUT2D eigenvalue weighted by molar-refractivity contribution is -0.123. The van der Waals surface area contributed by atoms with Gasteiger partial charge in [-0.1, -0.05) is 6.92 Å². The van der Waals surface area contributed by atoms with Crippen molar-refractivity contribution < 1.29 is 4.79 Å². The van der Waals surface area contributed by atoms with E-state index in [1.54, 1.807) is 0 Å². The fourth-order valence-electron chi connectivity index (χ4n) is 2.28. The molecule has 0 amide bonds. The second kappa shape index (κ2) is 3.41. The molecule has 13 heavy (non-hydrogen) atoms. The first-order chi connectivity index (χ1) is 6.16. The van der Waals surface area contributed by atoms with Gasteiger partial charge >= 0.3 is 0 Å². The number of piperidine rings is 1. The molecule has 0 spiro atoms. The first kappa shape index (κ1) is 9.20. The van der Waals surface area contributed by atoms with Crippen LogP contribution in [0.5, 0.6) is 0 Å². The minimum absolute atomic E-state index is 0.451. The average Bonchev–Trinajstić information content (AvgIpc) is 2.73. The zero-order valence-corrected chi connectivity index (χ0v) is 8.62. The van der Waals surface area contributed by atoms with Crippen LogP contribution in [-0.4, -0.2) is 29.8 Å². The highest BCUT2D eigenvalue weighted by molar-refractivity contribution is 5.79. The Balaban J connectivity index is 1.82. The van der Waals surface area contributed by atoms with Gasteiger partial charge in [0.05, 0.1) is 0 Å². The van der Waals surface area contributed by atoms with Crippen LogP contribution in [0.15, 0.2) is 0 Å². The molecule has 1 heterocycles. The van der Waals surface area contributed by atoms with Crippen LogP contribution in [0.25, 0.3) is 0 Å². The van der Waals surface area contributed by atoms with Gasteiger partial charge in [0.25, 0.3) is 0 Å². The Labute approximate surface area is 80.3 Å². The molecule has 2 aliphatic rings. The summed E-state index contributed by atoms with van der Waals surface area (Å²) in [5.41, 5.74) is 0. The van der Waals surface area contributed by atoms with Crippen LogP contribution >= 0.6 is 0 Å². The molecule has 1 aliphatic carbocycles. The number of hydrogen-bond acceptors (Lipinski definition) is 2. The number of hydrogen-bond donors (Lipinski definition) is 0. The topological polar surface area (TPSA) is 20.3 Å². The molecule has 2 heteroatoms. The van der Waals surface area contributed by atoms with E-state index in [0.29, 0.717) is 11.8 Å². The quantitative estimate of drug-likeness (QED) is 0.646. The zero-order chi connectivity index (χ0) is 9.42. The maximum absolute atomic E-state index is 11.2. The summed E-state index contributed by atoms with van der Waals surface area (Å²) >= 11 is 0. The van der Waals surface area contributed by atoms with Crippen molar-refractivity contribution in [2.24, 2.45) is 11.8 Å². The number of ketones is 1. The molecular weight excluding hydrogens is 162 g/mol. The van der Waals surface area contributed by atoms with Crippen molar-refractivity contribution in [3.8, 4) is 0 Å². The average molecular weight is 181 g/mol. The van der Waals surface area contributed by atoms with Gasteiger partial charge in [-0.15, -0.1) is 0 Å². The van der Waals surface area contributed by atoms with E-state index >= 15 is 0 Å². The summed E-state index contributed by atoms with van der Waals surface area (Å²) in [5, 5.41) is 0. The zero-order valence-electron chi connectivity index (χ0n) is 8.62. The van der Waals surface area contributed by atoms with Gasteiger partial charge in [-0.2, -0.15) is 0 Å². The number of likely N-dealkylation sites (tertiary alicyclic amines) is 1. The third-order valence-electron chi connectivity index (χ3n) is 3.57. The lowest BCUT2D eigenvalue weighted by Gasteiger charge is -2.32. The van der Waals surface area contributed by atoms with Gasteiger partial charge in [0, 0.05) is 32.0 Å². The van der Waals surface area contributed by atoms with E-state index in [1.165, 1.54) is 13.0 Å². The largest absolute Gasteiger partial charge is 0.300 e. The van der Waals surface area contributed by atoms with Crippen LogP contribution in [0.1, 0.15) is 33.1 Å². The maximum atomic E-state index is 11.2. The summed E-state index contributed by atoms with van der Waals surface area (Å²) in [7, 11) is 0. The Morgan fingerprint density at radius 3 is 2.69 bits per heavy atom. The normalized spacial score (nSPS) is 40.8. The van der Waals surface area contributed by atoms with Crippen LogP contribution in [0.2, 0.25) is 0 Å². The molecule has 0 aromatic heterocycles. The Hall–Kier alpha value is -0.370. The van der Waals surface area contributed by atoms with E-state index in [4.69, 9.17) is 0 Å². The second-order valence-corrected chi connectivity index (χ2v) is 4.81. The molecule has 0 aromatic rings. The molecule has 0 N–H and O–H groups in total. The number of nitrogens with zero attached hydrogens (tertiary/aromatic N) is 1. The Morgan fingerprint density at radius 1 is 1.46 bits per heavy atom. The minimum Gasteiger partial charge on any atom is -0.300 e. The van der Waals surface area contributed by atoms with E-state index in [1.807, 2.05) is 0 Å². The number of Topliss-reactive ketones (excluding diaryl/α,β-unsaturated/α-hetero) is 1. The van der Waals surface area contributed by atoms with E-state index in [2.05, 4.69) is 18.7 Å². The predicted molar refractivity (Wildman–Crippen MR) is 52.5 cm³/mol. The van der Waals surface area contributed by atoms with Crippen molar-refractivity contribution >= 4 is 5.78 Å². The van der Waals surface area contributed by atoms with Crippen molar-refractivity contribution in [1.82, 2.24) is 4.90 Å². The minimum atomic E-state index is 0.451. The molecule has 2 nitrogen and oxygen atoms in total. The Morgan fingerprint density at radius 2 is 2.15 bits per heavy atom. The highest BCUT2D eigenvalue weighted by Crippen LogP contribution is 2.39. The highest BCUT2D eigenvalue weighted by Gasteiger charge is 2.36. The molecule has 3 atom stereocenters. The molecule has 0 bridgehead atoms. The van der Waals surface area contributed by atoms with Crippen LogP contribution in [0, 0.1) is 11.8 Å². The van der Waals surface area contributed by atoms with Crippen LogP contribution in [0.3, 0.4) is 0 Å². The lowest BCUT2D eigenvalue weighted by Crippen LogP contribution is -2.42. The van der Waals surface area contributed by atoms with Gasteiger partial charge in [0.2, 0.25) is 0 Å². The van der Waals surface area contributed by atoms with Gasteiger partial charge in [0.15, 0.2) is 0 Å². The van der Waals surface area contributed by atoms with Crippen molar-refractivity contribution in [1.29, 1.82) is 0 Å². The molecule has 2 rings (SSSR count). The molecule has 1 saturated carbocycles. The van der Waals surface area contributed by atoms with Gasteiger partial charge < -0.3 is 0 Å². The molecular formula is C11H19NO. The van der Waals surface area contributed by atoms with Gasteiger partial charge in [-0.3, -0.25) is 9.69 Å². The SMILES string of the molecule is CC1CC1CN1CCC(=O)CC1C. The van der Waals surface area contributed by atoms with E-state index in [0.717, 1.165) is 31.2 Å². The Kier molecular flexibility index (Phi) is 2.41. The molecule has 74 valence electrons. The summed E-state index contributed by atoms with van der Waals surface area (Å²) < 4.78 is 0. The summed E-state index contributed by atoms with van der Waals surface area (Å²) in [6, 6.07) is 0.494. The van der Waals surface area contributed by atoms with E-state index in [9.17, 15) is 4.79 Å². The number of carbonyl (C=O) groups is 1. The third kappa shape index (κ3) is 2.11. The summed E-state index contributed by atoms with van der Waals surface area (Å²) in [5.74, 6) is 2.31. The van der Waals surface area contributed by atoms with Gasteiger partial charge in [0.1, 0.15) is 5.78 Å². The van der Waals surface area contributed by atoms with E-state index in [-0.39, 0.29) is 0 Å². The summed E-state index contributed by atoms with van der Waals surface area (Å²) in [4.78, 5) is 13.7. The standard InChI is InChI=1S/C11H19NO/c1-8-5-10(8)7-12-4-3-11(13)6-9(12)2/h8-10H,3-7H2,1-2H3. The summed E-state index contributed by atoms with van der Waals surface area (Å²) in [6.45, 7) is 6.74. The summed E-state index contributed by atoms with van der Waals surface area (Å²) in [6.07, 6.45) is 2.96. The second-order valence-electron chi connectivity index (χ2n) is 4.81. The van der Waals surface area contributed by atoms with Crippen LogP contribution < -0.4 is 0 Å². The van der Waals surface area contributed by atoms with Crippen LogP contribution in [0.4, 0.5) is 0 Å². The molecule has 1 aliphatic heterocycles. The third-order valence-corrected chi connectivity index (χ3v) is 3.57. The molecule has 1 saturated heterocycles. The first-order valence-electron chi connectivity index (χ1n) is 5.42. The van der Waals surface area contributed by atoms with Gasteiger partial charge in [-0.25, -0.2) is 0 Å². The molecule has 0 aromatic carbocycles. The molecule has 2 fully saturated rings. The molecule has 3 unspecified atom stereocenters. The van der Waals surface area contributed by atoms with Crippen molar-refractivity contribution in [3.63, 3.8) is 0 Å². The molecule has 0 radical (unpaired) electrons. The predicted octanol–water partition coefficient (Wildman–Crippen LogP) is 1.70. The lowest BCUT2D eigenvalue weighted by atomic mass is 10.0. The van der Waals surface area contributed by atoms with Crippen molar-refractivity contribution in [2.45, 2.75) is 39.2 Å². The highest BCUT2D eigenvalue weighted by atomic mass is 16.1. The smallest absolute Gasteiger partial charge is 0.135 e. The number of rotatable bonds is 2. The van der Waals surface area contributed by atoms with E-state index < -0.39 is 0 Å². The Bertz CT molecular complexity index is 214. The van der Waals surface area contributed by atoms with Gasteiger partial charge in [-0.05, 0) is 25.2 Å². The fourth-order valence-corrected chi connectivity index (χ4v) is 2.28. The monoisotopic (exact) mass is 181 g/mol. The maximum Gasteiger partial charge on any atom is 0.135 e. The van der Waals surface area contributed by atoms with Crippen molar-refractivity contribution in [3.05, 3.63) is 0 Å².